The van der Waals surface area contributed by atoms with Crippen LogP contribution in [0.2, 0.25) is 0 Å². The molecule has 3 rings (SSSR count). The Morgan fingerprint density at radius 1 is 1.29 bits per heavy atom. The molecule has 0 saturated carbocycles. The molecule has 17 heavy (non-hydrogen) atoms. The number of rotatable bonds is 1. The fraction of sp³-hybridized carbons (Fsp3) is 0.167. The Bertz CT molecular complexity index is 696. The number of fused-ring (bicyclic) bond motifs is 1. The quantitative estimate of drug-likeness (QED) is 0.692. The van der Waals surface area contributed by atoms with Gasteiger partial charge in [-0.05, 0) is 13.0 Å². The standard InChI is InChI=1S/C12H12N4O/c1-7-15-11-8(9-6-14-17-12(9)13)4-3-5-10(11)16(7)2/h3-6H,13H2,1-2H3. The monoisotopic (exact) mass is 228 g/mol. The highest BCUT2D eigenvalue weighted by molar-refractivity contribution is 5.94. The van der Waals surface area contributed by atoms with E-state index in [4.69, 9.17) is 10.3 Å². The summed E-state index contributed by atoms with van der Waals surface area (Å²) >= 11 is 0. The average molecular weight is 228 g/mol. The van der Waals surface area contributed by atoms with Gasteiger partial charge in [-0.25, -0.2) is 4.98 Å². The van der Waals surface area contributed by atoms with Gasteiger partial charge in [-0.2, -0.15) is 0 Å². The van der Waals surface area contributed by atoms with Crippen LogP contribution in [0.5, 0.6) is 0 Å². The van der Waals surface area contributed by atoms with Gasteiger partial charge in [0.25, 0.3) is 0 Å². The lowest BCUT2D eigenvalue weighted by molar-refractivity contribution is 0.436. The van der Waals surface area contributed by atoms with Crippen molar-refractivity contribution in [3.63, 3.8) is 0 Å². The van der Waals surface area contributed by atoms with Crippen molar-refractivity contribution >= 4 is 16.9 Å². The predicted molar refractivity (Wildman–Crippen MR) is 65.4 cm³/mol. The number of benzene rings is 1. The van der Waals surface area contributed by atoms with E-state index in [1.807, 2.05) is 36.7 Å². The first-order valence-electron chi connectivity index (χ1n) is 5.31. The maximum atomic E-state index is 5.74. The lowest BCUT2D eigenvalue weighted by Crippen LogP contribution is -1.89. The fourth-order valence-electron chi connectivity index (χ4n) is 2.00. The number of nitrogen functional groups attached to an aromatic ring is 1. The second-order valence-electron chi connectivity index (χ2n) is 4.00. The van der Waals surface area contributed by atoms with Crippen molar-refractivity contribution in [1.29, 1.82) is 0 Å². The molecule has 2 heterocycles. The van der Waals surface area contributed by atoms with E-state index in [-0.39, 0.29) is 0 Å². The van der Waals surface area contributed by atoms with Crippen LogP contribution in [0.15, 0.2) is 28.9 Å². The number of hydrogen-bond acceptors (Lipinski definition) is 4. The van der Waals surface area contributed by atoms with Crippen LogP contribution < -0.4 is 5.73 Å². The van der Waals surface area contributed by atoms with E-state index in [0.29, 0.717) is 5.88 Å². The second-order valence-corrected chi connectivity index (χ2v) is 4.00. The van der Waals surface area contributed by atoms with Crippen molar-refractivity contribution in [3.05, 3.63) is 30.2 Å². The van der Waals surface area contributed by atoms with Gasteiger partial charge < -0.3 is 14.8 Å². The zero-order valence-corrected chi connectivity index (χ0v) is 9.64. The predicted octanol–water partition coefficient (Wildman–Crippen LogP) is 2.12. The molecule has 5 heteroatoms. The van der Waals surface area contributed by atoms with Gasteiger partial charge in [-0.1, -0.05) is 17.3 Å². The van der Waals surface area contributed by atoms with Gasteiger partial charge in [0.1, 0.15) is 5.82 Å². The van der Waals surface area contributed by atoms with Crippen LogP contribution in [-0.4, -0.2) is 14.7 Å². The molecule has 1 aromatic carbocycles. The smallest absolute Gasteiger partial charge is 0.230 e. The summed E-state index contributed by atoms with van der Waals surface area (Å²) in [5, 5.41) is 3.70. The maximum Gasteiger partial charge on any atom is 0.230 e. The van der Waals surface area contributed by atoms with E-state index in [9.17, 15) is 0 Å². The summed E-state index contributed by atoms with van der Waals surface area (Å²) < 4.78 is 6.94. The van der Waals surface area contributed by atoms with E-state index in [0.717, 1.165) is 28.0 Å². The van der Waals surface area contributed by atoms with Gasteiger partial charge in [0.05, 0.1) is 22.8 Å². The first-order valence-corrected chi connectivity index (χ1v) is 5.31. The van der Waals surface area contributed by atoms with Crippen LogP contribution in [0.4, 0.5) is 5.88 Å². The molecular weight excluding hydrogens is 216 g/mol. The molecule has 0 radical (unpaired) electrons. The lowest BCUT2D eigenvalue weighted by Gasteiger charge is -2.00. The summed E-state index contributed by atoms with van der Waals surface area (Å²) in [6, 6.07) is 5.98. The fourth-order valence-corrected chi connectivity index (χ4v) is 2.00. The van der Waals surface area contributed by atoms with Crippen molar-refractivity contribution in [2.24, 2.45) is 7.05 Å². The Labute approximate surface area is 97.8 Å². The van der Waals surface area contributed by atoms with Crippen molar-refractivity contribution in [2.45, 2.75) is 6.92 Å². The molecule has 0 saturated heterocycles. The van der Waals surface area contributed by atoms with Crippen LogP contribution in [0.1, 0.15) is 5.82 Å². The number of aromatic nitrogens is 3. The Morgan fingerprint density at radius 3 is 2.82 bits per heavy atom. The third-order valence-electron chi connectivity index (χ3n) is 3.02. The minimum atomic E-state index is 0.320. The number of nitrogens with two attached hydrogens (primary N) is 1. The molecule has 3 aromatic rings. The largest absolute Gasteiger partial charge is 0.367 e. The molecule has 0 aliphatic carbocycles. The van der Waals surface area contributed by atoms with E-state index in [1.54, 1.807) is 6.20 Å². The molecule has 0 spiro atoms. The normalized spacial score (nSPS) is 11.2. The molecule has 0 fully saturated rings. The second kappa shape index (κ2) is 3.35. The Kier molecular flexibility index (Phi) is 1.95. The molecule has 86 valence electrons. The molecule has 2 aromatic heterocycles. The van der Waals surface area contributed by atoms with Gasteiger partial charge in [-0.3, -0.25) is 0 Å². The summed E-state index contributed by atoms with van der Waals surface area (Å²) in [4.78, 5) is 4.55. The molecule has 5 nitrogen and oxygen atoms in total. The van der Waals surface area contributed by atoms with E-state index < -0.39 is 0 Å². The van der Waals surface area contributed by atoms with Crippen LogP contribution in [0, 0.1) is 6.92 Å². The third kappa shape index (κ3) is 1.32. The summed E-state index contributed by atoms with van der Waals surface area (Å²) in [5.74, 6) is 1.28. The van der Waals surface area contributed by atoms with E-state index in [2.05, 4.69) is 10.1 Å². The lowest BCUT2D eigenvalue weighted by atomic mass is 10.1. The Balaban J connectivity index is 2.38. The minimum Gasteiger partial charge on any atom is -0.367 e. The highest BCUT2D eigenvalue weighted by atomic mass is 16.5. The number of anilines is 1. The van der Waals surface area contributed by atoms with E-state index >= 15 is 0 Å². The van der Waals surface area contributed by atoms with Crippen LogP contribution in [0.3, 0.4) is 0 Å². The van der Waals surface area contributed by atoms with Crippen molar-refractivity contribution in [3.8, 4) is 11.1 Å². The highest BCUT2D eigenvalue weighted by Gasteiger charge is 2.14. The highest BCUT2D eigenvalue weighted by Crippen LogP contribution is 2.31. The number of para-hydroxylation sites is 1. The molecule has 0 atom stereocenters. The minimum absolute atomic E-state index is 0.320. The summed E-state index contributed by atoms with van der Waals surface area (Å²) in [6.45, 7) is 1.97. The Hall–Kier alpha value is -2.30. The summed E-state index contributed by atoms with van der Waals surface area (Å²) in [6.07, 6.45) is 1.62. The van der Waals surface area contributed by atoms with Crippen molar-refractivity contribution in [2.75, 3.05) is 5.73 Å². The van der Waals surface area contributed by atoms with E-state index in [1.165, 1.54) is 0 Å². The third-order valence-corrected chi connectivity index (χ3v) is 3.02. The van der Waals surface area contributed by atoms with Gasteiger partial charge in [-0.15, -0.1) is 0 Å². The zero-order chi connectivity index (χ0) is 12.0. The first kappa shape index (κ1) is 9.89. The van der Waals surface area contributed by atoms with Crippen LogP contribution in [-0.2, 0) is 7.05 Å². The molecular formula is C12H12N4O. The average Bonchev–Trinajstić information content (AvgIpc) is 2.85. The topological polar surface area (TPSA) is 69.9 Å². The van der Waals surface area contributed by atoms with Crippen LogP contribution in [0.25, 0.3) is 22.2 Å². The molecule has 0 aliphatic heterocycles. The number of imidazole rings is 1. The zero-order valence-electron chi connectivity index (χ0n) is 9.64. The Morgan fingerprint density at radius 2 is 2.12 bits per heavy atom. The maximum absolute atomic E-state index is 5.74. The van der Waals surface area contributed by atoms with Gasteiger partial charge in [0.2, 0.25) is 5.88 Å². The summed E-state index contributed by atoms with van der Waals surface area (Å²) in [5.41, 5.74) is 9.47. The van der Waals surface area contributed by atoms with Gasteiger partial charge in [0, 0.05) is 12.6 Å². The SMILES string of the molecule is Cc1nc2c(-c3cnoc3N)cccc2n1C. The molecule has 0 aliphatic rings. The number of hydrogen-bond donors (Lipinski definition) is 1. The summed E-state index contributed by atoms with van der Waals surface area (Å²) in [7, 11) is 1.99. The molecule has 2 N–H and O–H groups in total. The van der Waals surface area contributed by atoms with Crippen molar-refractivity contribution < 1.29 is 4.52 Å². The van der Waals surface area contributed by atoms with Gasteiger partial charge >= 0.3 is 0 Å². The first-order chi connectivity index (χ1) is 8.18. The van der Waals surface area contributed by atoms with Gasteiger partial charge in [0.15, 0.2) is 0 Å². The van der Waals surface area contributed by atoms with Crippen LogP contribution >= 0.6 is 0 Å². The molecule has 0 amide bonds. The molecule has 0 bridgehead atoms. The molecule has 0 unspecified atom stereocenters. The number of aryl methyl sites for hydroxylation is 2. The van der Waals surface area contributed by atoms with Crippen molar-refractivity contribution in [1.82, 2.24) is 14.7 Å². The number of nitrogens with zero attached hydrogens (tertiary/aromatic N) is 3.